The molecule has 0 amide bonds. The van der Waals surface area contributed by atoms with Gasteiger partial charge in [-0.05, 0) is 88.4 Å². The van der Waals surface area contributed by atoms with Gasteiger partial charge in [0.2, 0.25) is 0 Å². The molecule has 3 aliphatic rings. The maximum absolute atomic E-state index is 12.4. The lowest BCUT2D eigenvalue weighted by Gasteiger charge is -2.28. The summed E-state index contributed by atoms with van der Waals surface area (Å²) in [4.78, 5) is 0. The van der Waals surface area contributed by atoms with Crippen LogP contribution in [-0.2, 0) is 56.8 Å². The monoisotopic (exact) mass is 760 g/mol. The highest BCUT2D eigenvalue weighted by Crippen LogP contribution is 2.44. The Bertz CT molecular complexity index is 1870. The molecule has 0 spiro atoms. The molecule has 2 heterocycles. The Hall–Kier alpha value is -4.00. The number of fused-ring (bicyclic) bond motifs is 8. The van der Waals surface area contributed by atoms with Crippen molar-refractivity contribution in [2.24, 2.45) is 0 Å². The highest BCUT2D eigenvalue weighted by molar-refractivity contribution is 5.59. The Morgan fingerprint density at radius 3 is 0.839 bits per heavy atom. The number of phenolic OH excluding ortho intramolecular Hbond substituents is 2. The number of hydrogen-bond acceptors (Lipinski definition) is 6. The zero-order valence-corrected chi connectivity index (χ0v) is 36.0. The summed E-state index contributed by atoms with van der Waals surface area (Å²) in [6, 6.07) is 17.8. The van der Waals surface area contributed by atoms with Crippen molar-refractivity contribution < 1.29 is 29.2 Å². The summed E-state index contributed by atoms with van der Waals surface area (Å²) in [6.45, 7) is 29.1. The first-order valence-electron chi connectivity index (χ1n) is 20.6. The number of aromatic hydroxyl groups is 2. The Morgan fingerprint density at radius 2 is 0.643 bits per heavy atom. The first-order chi connectivity index (χ1) is 26.0. The lowest BCUT2D eigenvalue weighted by Crippen LogP contribution is -2.17. The molecule has 0 aromatic heterocycles. The minimum atomic E-state index is -0.162. The number of hydrogen-bond donors (Lipinski definition) is 2. The highest BCUT2D eigenvalue weighted by Gasteiger charge is 2.31. The van der Waals surface area contributed by atoms with Crippen LogP contribution in [0.1, 0.15) is 150 Å². The quantitative estimate of drug-likeness (QED) is 0.168. The van der Waals surface area contributed by atoms with Crippen molar-refractivity contribution in [3.05, 3.63) is 115 Å². The fourth-order valence-electron chi connectivity index (χ4n) is 7.70. The summed E-state index contributed by atoms with van der Waals surface area (Å²) in [7, 11) is 0. The lowest BCUT2D eigenvalue weighted by molar-refractivity contribution is 0.259. The molecule has 56 heavy (non-hydrogen) atoms. The van der Waals surface area contributed by atoms with E-state index in [4.69, 9.17) is 18.9 Å². The molecule has 2 fully saturated rings. The molecule has 2 aliphatic heterocycles. The van der Waals surface area contributed by atoms with Crippen LogP contribution in [0, 0.1) is 0 Å². The van der Waals surface area contributed by atoms with Gasteiger partial charge in [0.15, 0.2) is 0 Å². The minimum Gasteiger partial charge on any atom is -0.507 e. The van der Waals surface area contributed by atoms with Crippen LogP contribution in [0.2, 0.25) is 0 Å². The van der Waals surface area contributed by atoms with Crippen LogP contribution >= 0.6 is 0 Å². The van der Waals surface area contributed by atoms with E-state index >= 15 is 0 Å². The van der Waals surface area contributed by atoms with Gasteiger partial charge < -0.3 is 29.2 Å². The van der Waals surface area contributed by atoms with Crippen LogP contribution < -0.4 is 9.47 Å². The summed E-state index contributed by atoms with van der Waals surface area (Å²) in [5, 5.41) is 24.8. The molecule has 0 saturated carbocycles. The number of benzene rings is 4. The van der Waals surface area contributed by atoms with E-state index in [1.54, 1.807) is 0 Å². The number of ether oxygens (including phenoxy) is 4. The van der Waals surface area contributed by atoms with E-state index in [0.717, 1.165) is 67.1 Å². The van der Waals surface area contributed by atoms with Gasteiger partial charge in [0.25, 0.3) is 0 Å². The molecule has 300 valence electrons. The van der Waals surface area contributed by atoms with Crippen LogP contribution in [0.4, 0.5) is 0 Å². The van der Waals surface area contributed by atoms with Gasteiger partial charge >= 0.3 is 0 Å². The van der Waals surface area contributed by atoms with Gasteiger partial charge in [-0.25, -0.2) is 0 Å². The maximum Gasteiger partial charge on any atom is 0.126 e. The SMILES string of the molecule is CC(C)(C)c1cc2c(O)c(c1)Cc1cc(C(C)(C)C)cc(c1OCC1CO1)Cc1cc(C(C)(C)C)cc(c1O)Cc1cc(C(C)(C)C)cc(c1OCC1CO1)C2. The topological polar surface area (TPSA) is 84.0 Å². The van der Waals surface area contributed by atoms with Crippen molar-refractivity contribution in [1.29, 1.82) is 0 Å². The summed E-state index contributed by atoms with van der Waals surface area (Å²) >= 11 is 0. The maximum atomic E-state index is 12.4. The van der Waals surface area contributed by atoms with Crippen molar-refractivity contribution in [3.63, 3.8) is 0 Å². The zero-order valence-electron chi connectivity index (χ0n) is 36.0. The second kappa shape index (κ2) is 14.4. The van der Waals surface area contributed by atoms with Crippen LogP contribution in [-0.4, -0.2) is 48.8 Å². The van der Waals surface area contributed by atoms with Gasteiger partial charge in [0, 0.05) is 25.7 Å². The van der Waals surface area contributed by atoms with E-state index in [1.165, 1.54) is 11.1 Å². The first kappa shape index (κ1) is 40.2. The van der Waals surface area contributed by atoms with E-state index in [1.807, 2.05) is 0 Å². The largest absolute Gasteiger partial charge is 0.507 e. The molecule has 2 N–H and O–H groups in total. The predicted octanol–water partition coefficient (Wildman–Crippen LogP) is 10.5. The third-order valence-electron chi connectivity index (χ3n) is 11.6. The van der Waals surface area contributed by atoms with Gasteiger partial charge in [-0.3, -0.25) is 0 Å². The van der Waals surface area contributed by atoms with Gasteiger partial charge in [-0.15, -0.1) is 0 Å². The third-order valence-corrected chi connectivity index (χ3v) is 11.6. The predicted molar refractivity (Wildman–Crippen MR) is 226 cm³/mol. The summed E-state index contributed by atoms with van der Waals surface area (Å²) in [5.41, 5.74) is 11.6. The smallest absolute Gasteiger partial charge is 0.126 e. The van der Waals surface area contributed by atoms with Crippen LogP contribution in [0.25, 0.3) is 0 Å². The third kappa shape index (κ3) is 8.92. The molecule has 6 nitrogen and oxygen atoms in total. The van der Waals surface area contributed by atoms with E-state index in [-0.39, 0.29) is 33.9 Å². The van der Waals surface area contributed by atoms with Crippen LogP contribution in [0.5, 0.6) is 23.0 Å². The fourth-order valence-corrected chi connectivity index (χ4v) is 7.70. The molecule has 7 rings (SSSR count). The number of epoxide rings is 2. The van der Waals surface area contributed by atoms with E-state index < -0.39 is 0 Å². The van der Waals surface area contributed by atoms with Crippen molar-refractivity contribution in [1.82, 2.24) is 0 Å². The Morgan fingerprint density at radius 1 is 0.429 bits per heavy atom. The average Bonchev–Trinajstić information content (AvgIpc) is 4.01. The van der Waals surface area contributed by atoms with Crippen molar-refractivity contribution in [2.45, 2.75) is 143 Å². The van der Waals surface area contributed by atoms with Gasteiger partial charge in [0.05, 0.1) is 13.2 Å². The highest BCUT2D eigenvalue weighted by atomic mass is 16.6. The van der Waals surface area contributed by atoms with Crippen molar-refractivity contribution >= 4 is 0 Å². The molecule has 4 aromatic rings. The van der Waals surface area contributed by atoms with E-state index in [0.29, 0.717) is 63.6 Å². The summed E-state index contributed by atoms with van der Waals surface area (Å²) in [5.74, 6) is 2.23. The van der Waals surface area contributed by atoms with Crippen molar-refractivity contribution in [3.8, 4) is 23.0 Å². The fraction of sp³-hybridized carbons (Fsp3) is 0.520. The zero-order chi connectivity index (χ0) is 40.5. The molecule has 0 radical (unpaired) electrons. The van der Waals surface area contributed by atoms with Crippen LogP contribution in [0.15, 0.2) is 48.5 Å². The normalized spacial score (nSPS) is 18.4. The molecule has 2 saturated heterocycles. The lowest BCUT2D eigenvalue weighted by atomic mass is 9.79. The average molecular weight is 761 g/mol. The van der Waals surface area contributed by atoms with Crippen molar-refractivity contribution in [2.75, 3.05) is 26.4 Å². The van der Waals surface area contributed by atoms with E-state index in [9.17, 15) is 10.2 Å². The second-order valence-electron chi connectivity index (χ2n) is 20.8. The summed E-state index contributed by atoms with van der Waals surface area (Å²) in [6.07, 6.45) is 2.06. The standard InChI is InChI=1S/C50H64O6/c1-47(2,3)37-17-29-13-33-21-39(49(7,8)9)23-35(45(33)55-27-41-25-53-41)15-31-19-38(48(4,5)6)20-32(44(31)52)16-36-24-40(50(10,11)12)22-34(14-30(18-37)43(29)51)46(36)56-28-42-26-54-42/h17-24,41-42,51-52H,13-16,25-28H2,1-12H3. The molecule has 8 bridgehead atoms. The van der Waals surface area contributed by atoms with Crippen LogP contribution in [0.3, 0.4) is 0 Å². The molecular weight excluding hydrogens is 697 g/mol. The molecule has 6 heteroatoms. The summed E-state index contributed by atoms with van der Waals surface area (Å²) < 4.78 is 24.7. The first-order valence-corrected chi connectivity index (χ1v) is 20.6. The minimum absolute atomic E-state index is 0.0687. The number of phenols is 2. The Balaban J connectivity index is 1.55. The second-order valence-corrected chi connectivity index (χ2v) is 20.8. The molecule has 2 atom stereocenters. The Kier molecular flexibility index (Phi) is 10.4. The molecule has 4 aromatic carbocycles. The van der Waals surface area contributed by atoms with Gasteiger partial charge in [0.1, 0.15) is 48.4 Å². The Labute approximate surface area is 335 Å². The molecule has 2 unspecified atom stereocenters. The van der Waals surface area contributed by atoms with E-state index in [2.05, 4.69) is 132 Å². The molecular formula is C50H64O6. The molecule has 1 aliphatic carbocycles. The van der Waals surface area contributed by atoms with Gasteiger partial charge in [-0.1, -0.05) is 132 Å². The number of rotatable bonds is 6. The van der Waals surface area contributed by atoms with Gasteiger partial charge in [-0.2, -0.15) is 0 Å².